The molecule has 180 valence electrons. The van der Waals surface area contributed by atoms with Gasteiger partial charge in [-0.25, -0.2) is 9.29 Å². The SMILES string of the molecule is CC(=O)Nc1nc2ccc(-c3cccc(SN4CCCC(NC(=O)CC(C)(C)C)C4)c3)cc2s1. The maximum Gasteiger partial charge on any atom is 0.223 e. The van der Waals surface area contributed by atoms with Gasteiger partial charge in [-0.15, -0.1) is 0 Å². The molecule has 0 saturated carbocycles. The van der Waals surface area contributed by atoms with E-state index in [2.05, 4.69) is 77.1 Å². The fourth-order valence-electron chi connectivity index (χ4n) is 4.09. The fraction of sp³-hybridized carbons (Fsp3) is 0.423. The predicted octanol–water partition coefficient (Wildman–Crippen LogP) is 5.95. The number of benzene rings is 2. The highest BCUT2D eigenvalue weighted by molar-refractivity contribution is 7.97. The van der Waals surface area contributed by atoms with E-state index in [9.17, 15) is 9.59 Å². The Morgan fingerprint density at radius 2 is 1.97 bits per heavy atom. The monoisotopic (exact) mass is 496 g/mol. The molecule has 1 aromatic heterocycles. The predicted molar refractivity (Wildman–Crippen MR) is 142 cm³/mol. The van der Waals surface area contributed by atoms with Gasteiger partial charge < -0.3 is 10.6 Å². The van der Waals surface area contributed by atoms with Crippen molar-refractivity contribution in [3.8, 4) is 11.1 Å². The van der Waals surface area contributed by atoms with Crippen molar-refractivity contribution in [3.05, 3.63) is 42.5 Å². The molecule has 0 spiro atoms. The maximum atomic E-state index is 12.4. The molecule has 0 radical (unpaired) electrons. The first kappa shape index (κ1) is 24.7. The Balaban J connectivity index is 1.42. The van der Waals surface area contributed by atoms with Gasteiger partial charge >= 0.3 is 0 Å². The smallest absolute Gasteiger partial charge is 0.223 e. The van der Waals surface area contributed by atoms with E-state index in [0.717, 1.165) is 47.3 Å². The number of hydrogen-bond acceptors (Lipinski definition) is 6. The van der Waals surface area contributed by atoms with E-state index < -0.39 is 0 Å². The van der Waals surface area contributed by atoms with E-state index in [4.69, 9.17) is 0 Å². The summed E-state index contributed by atoms with van der Waals surface area (Å²) >= 11 is 3.24. The number of amides is 2. The lowest BCUT2D eigenvalue weighted by atomic mass is 9.91. The molecule has 2 amide bonds. The largest absolute Gasteiger partial charge is 0.352 e. The van der Waals surface area contributed by atoms with Gasteiger partial charge in [0, 0.05) is 37.4 Å². The summed E-state index contributed by atoms with van der Waals surface area (Å²) in [6, 6.07) is 15.0. The van der Waals surface area contributed by atoms with Crippen LogP contribution in [0.3, 0.4) is 0 Å². The van der Waals surface area contributed by atoms with Gasteiger partial charge in [-0.3, -0.25) is 9.59 Å². The van der Waals surface area contributed by atoms with Gasteiger partial charge in [0.15, 0.2) is 5.13 Å². The molecule has 3 aromatic rings. The summed E-state index contributed by atoms with van der Waals surface area (Å²) in [7, 11) is 0. The average molecular weight is 497 g/mol. The number of carbonyl (C=O) groups is 2. The third-order valence-electron chi connectivity index (χ3n) is 5.51. The molecule has 1 saturated heterocycles. The van der Waals surface area contributed by atoms with Crippen LogP contribution in [0, 0.1) is 5.41 Å². The number of piperidine rings is 1. The molecule has 4 rings (SSSR count). The molecule has 2 N–H and O–H groups in total. The lowest BCUT2D eigenvalue weighted by Crippen LogP contribution is -2.46. The van der Waals surface area contributed by atoms with Gasteiger partial charge in [-0.1, -0.05) is 50.3 Å². The lowest BCUT2D eigenvalue weighted by molar-refractivity contribution is -0.123. The topological polar surface area (TPSA) is 74.3 Å². The third-order valence-corrected chi connectivity index (χ3v) is 7.50. The van der Waals surface area contributed by atoms with Crippen LogP contribution in [0.5, 0.6) is 0 Å². The summed E-state index contributed by atoms with van der Waals surface area (Å²) in [5.41, 5.74) is 3.16. The summed E-state index contributed by atoms with van der Waals surface area (Å²) in [6.07, 6.45) is 2.66. The van der Waals surface area contributed by atoms with E-state index in [1.807, 2.05) is 6.07 Å². The number of anilines is 1. The Morgan fingerprint density at radius 3 is 2.74 bits per heavy atom. The maximum absolute atomic E-state index is 12.4. The Bertz CT molecular complexity index is 1190. The first-order chi connectivity index (χ1) is 16.1. The van der Waals surface area contributed by atoms with Crippen molar-refractivity contribution in [2.45, 2.75) is 57.9 Å². The summed E-state index contributed by atoms with van der Waals surface area (Å²) in [6.45, 7) is 9.64. The zero-order chi connectivity index (χ0) is 24.3. The number of hydrogen-bond donors (Lipinski definition) is 2. The molecule has 2 aromatic carbocycles. The number of nitrogens with zero attached hydrogens (tertiary/aromatic N) is 2. The highest BCUT2D eigenvalue weighted by atomic mass is 32.2. The molecular weight excluding hydrogens is 464 g/mol. The van der Waals surface area contributed by atoms with Gasteiger partial charge in [0.2, 0.25) is 11.8 Å². The summed E-state index contributed by atoms with van der Waals surface area (Å²) in [5, 5.41) is 6.63. The Hall–Kier alpha value is -2.42. The van der Waals surface area contributed by atoms with E-state index in [0.29, 0.717) is 11.6 Å². The molecule has 1 aliphatic rings. The molecular formula is C26H32N4O2S2. The Labute approximate surface area is 209 Å². The second-order valence-electron chi connectivity index (χ2n) is 10.0. The van der Waals surface area contributed by atoms with Crippen LogP contribution in [0.4, 0.5) is 5.13 Å². The van der Waals surface area contributed by atoms with Crippen LogP contribution in [0.15, 0.2) is 47.4 Å². The number of aromatic nitrogens is 1. The van der Waals surface area contributed by atoms with Crippen molar-refractivity contribution in [1.82, 2.24) is 14.6 Å². The highest BCUT2D eigenvalue weighted by Gasteiger charge is 2.24. The second kappa shape index (κ2) is 10.5. The van der Waals surface area contributed by atoms with Gasteiger partial charge in [-0.05, 0) is 65.6 Å². The number of carbonyl (C=O) groups excluding carboxylic acids is 2. The molecule has 8 heteroatoms. The molecule has 0 aliphatic carbocycles. The molecule has 1 unspecified atom stereocenters. The highest BCUT2D eigenvalue weighted by Crippen LogP contribution is 2.33. The van der Waals surface area contributed by atoms with Crippen molar-refractivity contribution in [1.29, 1.82) is 0 Å². The molecule has 6 nitrogen and oxygen atoms in total. The van der Waals surface area contributed by atoms with Crippen LogP contribution in [-0.2, 0) is 9.59 Å². The molecule has 2 heterocycles. The number of thiazole rings is 1. The summed E-state index contributed by atoms with van der Waals surface area (Å²) in [5.74, 6) is 0.0317. The number of nitrogens with one attached hydrogen (secondary N) is 2. The lowest BCUT2D eigenvalue weighted by Gasteiger charge is -2.32. The van der Waals surface area contributed by atoms with Crippen LogP contribution < -0.4 is 10.6 Å². The van der Waals surface area contributed by atoms with Crippen LogP contribution in [0.25, 0.3) is 21.3 Å². The molecule has 1 atom stereocenters. The quantitative estimate of drug-likeness (QED) is 0.413. The number of rotatable bonds is 6. The Morgan fingerprint density at radius 1 is 1.18 bits per heavy atom. The standard InChI is InChI=1S/C26H32N4O2S2/c1-17(31)27-25-29-22-11-10-19(14-23(22)33-25)18-7-5-9-21(13-18)34-30-12-6-8-20(16-30)28-24(32)15-26(2,3)4/h5,7,9-11,13-14,20H,6,8,12,15-16H2,1-4H3,(H,28,32)(H,27,29,31). The number of fused-ring (bicyclic) bond motifs is 1. The minimum atomic E-state index is -0.113. The van der Waals surface area contributed by atoms with E-state index in [1.165, 1.54) is 23.2 Å². The second-order valence-corrected chi connectivity index (χ2v) is 12.2. The van der Waals surface area contributed by atoms with Crippen molar-refractivity contribution in [3.63, 3.8) is 0 Å². The van der Waals surface area contributed by atoms with E-state index in [-0.39, 0.29) is 23.3 Å². The van der Waals surface area contributed by atoms with Crippen molar-refractivity contribution < 1.29 is 9.59 Å². The van der Waals surface area contributed by atoms with Gasteiger partial charge in [0.05, 0.1) is 10.2 Å². The van der Waals surface area contributed by atoms with Crippen LogP contribution >= 0.6 is 23.3 Å². The van der Waals surface area contributed by atoms with Crippen LogP contribution in [0.2, 0.25) is 0 Å². The first-order valence-corrected chi connectivity index (χ1v) is 13.2. The average Bonchev–Trinajstić information content (AvgIpc) is 3.13. The van der Waals surface area contributed by atoms with Gasteiger partial charge in [0.25, 0.3) is 0 Å². The summed E-state index contributed by atoms with van der Waals surface area (Å²) < 4.78 is 3.40. The third kappa shape index (κ3) is 6.81. The molecule has 1 fully saturated rings. The van der Waals surface area contributed by atoms with Crippen LogP contribution in [0.1, 0.15) is 47.0 Å². The minimum Gasteiger partial charge on any atom is -0.352 e. The Kier molecular flexibility index (Phi) is 7.60. The molecule has 0 bridgehead atoms. The molecule has 34 heavy (non-hydrogen) atoms. The fourth-order valence-corrected chi connectivity index (χ4v) is 6.14. The molecule has 1 aliphatic heterocycles. The van der Waals surface area contributed by atoms with Crippen molar-refractivity contribution >= 4 is 50.4 Å². The summed E-state index contributed by atoms with van der Waals surface area (Å²) in [4.78, 5) is 29.4. The van der Waals surface area contributed by atoms with E-state index in [1.54, 1.807) is 11.9 Å². The minimum absolute atomic E-state index is 0.00131. The zero-order valence-electron chi connectivity index (χ0n) is 20.2. The zero-order valence-corrected chi connectivity index (χ0v) is 21.8. The van der Waals surface area contributed by atoms with Gasteiger partial charge in [0.1, 0.15) is 0 Å². The first-order valence-electron chi connectivity index (χ1n) is 11.7. The van der Waals surface area contributed by atoms with Crippen molar-refractivity contribution in [2.24, 2.45) is 5.41 Å². The van der Waals surface area contributed by atoms with Crippen molar-refractivity contribution in [2.75, 3.05) is 18.4 Å². The van der Waals surface area contributed by atoms with Crippen LogP contribution in [-0.4, -0.2) is 40.2 Å². The van der Waals surface area contributed by atoms with Gasteiger partial charge in [-0.2, -0.15) is 0 Å². The normalized spacial score (nSPS) is 17.0. The van der Waals surface area contributed by atoms with E-state index >= 15 is 0 Å².